The third-order valence-corrected chi connectivity index (χ3v) is 7.98. The van der Waals surface area contributed by atoms with Crippen LogP contribution in [0.4, 0.5) is 5.69 Å². The number of nitrogens with zero attached hydrogens (tertiary/aromatic N) is 6. The van der Waals surface area contributed by atoms with Crippen molar-refractivity contribution >= 4 is 11.6 Å². The van der Waals surface area contributed by atoms with Crippen LogP contribution in [-0.4, -0.2) is 83.1 Å². The Labute approximate surface area is 202 Å². The smallest absolute Gasteiger partial charge is 0.227 e. The number of aromatic nitrogens is 3. The molecule has 1 amide bonds. The van der Waals surface area contributed by atoms with Crippen molar-refractivity contribution in [3.63, 3.8) is 0 Å². The van der Waals surface area contributed by atoms with Crippen LogP contribution >= 0.6 is 0 Å². The number of methoxy groups -OCH3 is 1. The topological polar surface area (TPSA) is 66.7 Å². The largest absolute Gasteiger partial charge is 0.495 e. The number of hydrogen-bond acceptors (Lipinski definition) is 6. The molecule has 2 bridgehead atoms. The molecule has 4 saturated heterocycles. The van der Waals surface area contributed by atoms with Gasteiger partial charge in [-0.15, -0.1) is 5.10 Å². The summed E-state index contributed by atoms with van der Waals surface area (Å²) in [5.41, 5.74) is 2.21. The molecule has 4 unspecified atom stereocenters. The van der Waals surface area contributed by atoms with Gasteiger partial charge >= 0.3 is 0 Å². The van der Waals surface area contributed by atoms with Crippen LogP contribution in [0.3, 0.4) is 0 Å². The third kappa shape index (κ3) is 4.78. The SMILES string of the molecule is CCCCc1cn(CC2CC3CCN2CC3C(=O)N2CCN(c3ccccc3OC)CC2)nn1. The molecule has 0 spiro atoms. The molecule has 1 aromatic heterocycles. The van der Waals surface area contributed by atoms with Crippen LogP contribution in [0.15, 0.2) is 30.5 Å². The van der Waals surface area contributed by atoms with Crippen molar-refractivity contribution in [3.8, 4) is 5.75 Å². The fourth-order valence-corrected chi connectivity index (χ4v) is 6.02. The fourth-order valence-electron chi connectivity index (χ4n) is 6.02. The summed E-state index contributed by atoms with van der Waals surface area (Å²) in [5.74, 6) is 1.88. The zero-order valence-corrected chi connectivity index (χ0v) is 20.6. The van der Waals surface area contributed by atoms with Crippen molar-refractivity contribution in [1.82, 2.24) is 24.8 Å². The molecule has 8 nitrogen and oxygen atoms in total. The number of piperidine rings is 3. The van der Waals surface area contributed by atoms with E-state index >= 15 is 0 Å². The Balaban J connectivity index is 1.15. The molecule has 0 radical (unpaired) electrons. The van der Waals surface area contributed by atoms with Crippen LogP contribution < -0.4 is 9.64 Å². The van der Waals surface area contributed by atoms with Crippen LogP contribution in [-0.2, 0) is 17.8 Å². The molecular weight excluding hydrogens is 428 g/mol. The van der Waals surface area contributed by atoms with E-state index in [9.17, 15) is 4.79 Å². The molecule has 4 fully saturated rings. The van der Waals surface area contributed by atoms with Crippen LogP contribution in [0.2, 0.25) is 0 Å². The van der Waals surface area contributed by atoms with E-state index in [1.54, 1.807) is 7.11 Å². The van der Waals surface area contributed by atoms with E-state index in [1.807, 2.05) is 22.9 Å². The molecular formula is C26H38N6O2. The number of fused-ring (bicyclic) bond motifs is 3. The van der Waals surface area contributed by atoms with E-state index in [4.69, 9.17) is 4.74 Å². The summed E-state index contributed by atoms with van der Waals surface area (Å²) in [5, 5.41) is 8.72. The van der Waals surface area contributed by atoms with Crippen molar-refractivity contribution in [3.05, 3.63) is 36.2 Å². The second kappa shape index (κ2) is 10.3. The summed E-state index contributed by atoms with van der Waals surface area (Å²) < 4.78 is 7.55. The minimum Gasteiger partial charge on any atom is -0.495 e. The lowest BCUT2D eigenvalue weighted by Crippen LogP contribution is -2.60. The van der Waals surface area contributed by atoms with Gasteiger partial charge in [0, 0.05) is 45.0 Å². The molecule has 34 heavy (non-hydrogen) atoms. The molecule has 4 aliphatic rings. The quantitative estimate of drug-likeness (QED) is 0.596. The van der Waals surface area contributed by atoms with E-state index in [2.05, 4.69) is 44.2 Å². The number of benzene rings is 1. The predicted molar refractivity (Wildman–Crippen MR) is 132 cm³/mol. The van der Waals surface area contributed by atoms with Gasteiger partial charge in [-0.25, -0.2) is 0 Å². The second-order valence-electron chi connectivity index (χ2n) is 10.1. The number of anilines is 1. The summed E-state index contributed by atoms with van der Waals surface area (Å²) >= 11 is 0. The Hall–Kier alpha value is -2.61. The molecule has 4 atom stereocenters. The maximum Gasteiger partial charge on any atom is 0.227 e. The van der Waals surface area contributed by atoms with Crippen molar-refractivity contribution in [1.29, 1.82) is 0 Å². The van der Waals surface area contributed by atoms with E-state index in [1.165, 1.54) is 6.42 Å². The molecule has 0 aliphatic carbocycles. The van der Waals surface area contributed by atoms with Gasteiger partial charge in [0.1, 0.15) is 5.75 Å². The zero-order valence-electron chi connectivity index (χ0n) is 20.6. The van der Waals surface area contributed by atoms with Gasteiger partial charge in [-0.2, -0.15) is 0 Å². The first-order valence-corrected chi connectivity index (χ1v) is 13.0. The van der Waals surface area contributed by atoms with E-state index in [-0.39, 0.29) is 5.92 Å². The molecule has 6 rings (SSSR count). The van der Waals surface area contributed by atoms with E-state index < -0.39 is 0 Å². The van der Waals surface area contributed by atoms with Crippen LogP contribution in [0.1, 0.15) is 38.3 Å². The highest BCUT2D eigenvalue weighted by Crippen LogP contribution is 2.38. The Morgan fingerprint density at radius 3 is 2.71 bits per heavy atom. The first kappa shape index (κ1) is 23.1. The number of hydrogen-bond donors (Lipinski definition) is 0. The van der Waals surface area contributed by atoms with Gasteiger partial charge in [0.05, 0.1) is 31.0 Å². The summed E-state index contributed by atoms with van der Waals surface area (Å²) in [6.07, 6.45) is 7.68. The summed E-state index contributed by atoms with van der Waals surface area (Å²) in [6, 6.07) is 8.61. The monoisotopic (exact) mass is 466 g/mol. The first-order chi connectivity index (χ1) is 16.7. The lowest BCUT2D eigenvalue weighted by Gasteiger charge is -2.50. The molecule has 0 N–H and O–H groups in total. The van der Waals surface area contributed by atoms with Gasteiger partial charge in [0.2, 0.25) is 5.91 Å². The highest BCUT2D eigenvalue weighted by molar-refractivity contribution is 5.80. The Morgan fingerprint density at radius 2 is 1.97 bits per heavy atom. The minimum atomic E-state index is 0.138. The molecule has 5 heterocycles. The highest BCUT2D eigenvalue weighted by Gasteiger charge is 2.44. The van der Waals surface area contributed by atoms with Gasteiger partial charge in [0.15, 0.2) is 0 Å². The minimum absolute atomic E-state index is 0.138. The standard InChI is InChI=1S/C26H38N6O2/c1-3-4-7-21-17-32(28-27-21)18-22-16-20-10-11-31(22)19-23(20)26(33)30-14-12-29(13-15-30)24-8-5-6-9-25(24)34-2/h5-6,8-9,17,20,22-23H,3-4,7,10-16,18-19H2,1-2H3. The van der Waals surface area contributed by atoms with Crippen molar-refractivity contribution in [2.24, 2.45) is 11.8 Å². The normalized spacial score (nSPS) is 26.6. The van der Waals surface area contributed by atoms with Crippen molar-refractivity contribution < 1.29 is 9.53 Å². The van der Waals surface area contributed by atoms with Crippen LogP contribution in [0.25, 0.3) is 0 Å². The number of rotatable bonds is 8. The maximum atomic E-state index is 13.5. The average molecular weight is 467 g/mol. The summed E-state index contributed by atoms with van der Waals surface area (Å²) in [4.78, 5) is 20.5. The molecule has 0 saturated carbocycles. The van der Waals surface area contributed by atoms with Gasteiger partial charge in [-0.05, 0) is 50.3 Å². The fraction of sp³-hybridized carbons (Fsp3) is 0.654. The third-order valence-electron chi connectivity index (χ3n) is 7.98. The number of unbranched alkanes of at least 4 members (excludes halogenated alkanes) is 1. The number of piperazine rings is 1. The molecule has 184 valence electrons. The van der Waals surface area contributed by atoms with Crippen molar-refractivity contribution in [2.75, 3.05) is 51.3 Å². The number of carbonyl (C=O) groups is 1. The second-order valence-corrected chi connectivity index (χ2v) is 10.1. The van der Waals surface area contributed by atoms with Gasteiger partial charge in [-0.3, -0.25) is 14.4 Å². The summed E-state index contributed by atoms with van der Waals surface area (Å²) in [6.45, 7) is 8.33. The number of para-hydroxylation sites is 2. The van der Waals surface area contributed by atoms with E-state index in [0.717, 1.165) is 88.6 Å². The summed E-state index contributed by atoms with van der Waals surface area (Å²) in [7, 11) is 1.72. The number of amides is 1. The number of ether oxygens (including phenoxy) is 1. The van der Waals surface area contributed by atoms with Crippen LogP contribution in [0, 0.1) is 11.8 Å². The van der Waals surface area contributed by atoms with Gasteiger partial charge in [-0.1, -0.05) is 30.7 Å². The van der Waals surface area contributed by atoms with E-state index in [0.29, 0.717) is 17.9 Å². The van der Waals surface area contributed by atoms with Crippen molar-refractivity contribution in [2.45, 2.75) is 51.6 Å². The highest BCUT2D eigenvalue weighted by atomic mass is 16.5. The average Bonchev–Trinajstić information content (AvgIpc) is 3.34. The Kier molecular flexibility index (Phi) is 7.04. The molecule has 2 aromatic rings. The number of carbonyl (C=O) groups excluding carboxylic acids is 1. The number of aryl methyl sites for hydroxylation is 1. The van der Waals surface area contributed by atoms with Gasteiger partial charge in [0.25, 0.3) is 0 Å². The lowest BCUT2D eigenvalue weighted by molar-refractivity contribution is -0.144. The zero-order chi connectivity index (χ0) is 23.5. The Bertz CT molecular complexity index is 970. The van der Waals surface area contributed by atoms with Crippen LogP contribution in [0.5, 0.6) is 5.75 Å². The van der Waals surface area contributed by atoms with Gasteiger partial charge < -0.3 is 14.5 Å². The maximum absolute atomic E-state index is 13.5. The first-order valence-electron chi connectivity index (χ1n) is 13.0. The molecule has 1 aromatic carbocycles. The predicted octanol–water partition coefficient (Wildman–Crippen LogP) is 2.69. The molecule has 4 aliphatic heterocycles. The lowest BCUT2D eigenvalue weighted by atomic mass is 9.75. The Morgan fingerprint density at radius 1 is 1.15 bits per heavy atom. The molecule has 8 heteroatoms.